The first-order chi connectivity index (χ1) is 21.1. The summed E-state index contributed by atoms with van der Waals surface area (Å²) in [4.78, 5) is 0. The fourth-order valence-corrected chi connectivity index (χ4v) is 4.78. The van der Waals surface area contributed by atoms with Gasteiger partial charge in [0.25, 0.3) is 0 Å². The first-order valence-electron chi connectivity index (χ1n) is 13.7. The van der Waals surface area contributed by atoms with Crippen LogP contribution < -0.4 is 4.74 Å². The molecular formula is C36H25F7O. The zero-order chi connectivity index (χ0) is 31.4. The highest BCUT2D eigenvalue weighted by molar-refractivity contribution is 5.74. The maximum atomic E-state index is 15.1. The van der Waals surface area contributed by atoms with Gasteiger partial charge in [0.05, 0.1) is 5.56 Å². The smallest absolute Gasteiger partial charge is 0.426 e. The van der Waals surface area contributed by atoms with Crippen molar-refractivity contribution in [3.05, 3.63) is 149 Å². The van der Waals surface area contributed by atoms with Crippen LogP contribution in [0.5, 0.6) is 5.75 Å². The minimum Gasteiger partial charge on any atom is -0.429 e. The summed E-state index contributed by atoms with van der Waals surface area (Å²) < 4.78 is 106. The van der Waals surface area contributed by atoms with Crippen LogP contribution in [-0.4, -0.2) is 0 Å². The molecule has 0 heterocycles. The summed E-state index contributed by atoms with van der Waals surface area (Å²) in [6.07, 6.45) is 1.66. The first-order valence-corrected chi connectivity index (χ1v) is 13.7. The molecule has 0 amide bonds. The summed E-state index contributed by atoms with van der Waals surface area (Å²) in [5, 5.41) is 0. The Balaban J connectivity index is 1.32. The van der Waals surface area contributed by atoms with E-state index in [1.165, 1.54) is 48.5 Å². The van der Waals surface area contributed by atoms with Crippen molar-refractivity contribution < 1.29 is 35.5 Å². The molecule has 1 nitrogen and oxygen atoms in total. The third-order valence-corrected chi connectivity index (χ3v) is 7.10. The Morgan fingerprint density at radius 3 is 1.57 bits per heavy atom. The van der Waals surface area contributed by atoms with Gasteiger partial charge in [-0.15, -0.1) is 0 Å². The molecule has 0 saturated carbocycles. The maximum Gasteiger partial charge on any atom is 0.426 e. The number of allylic oxidation sites excluding steroid dienone is 2. The molecule has 0 bridgehead atoms. The number of halogens is 7. The van der Waals surface area contributed by atoms with Crippen LogP contribution in [0.15, 0.2) is 109 Å². The predicted octanol–water partition coefficient (Wildman–Crippen LogP) is 11.0. The number of hydrogen-bond acceptors (Lipinski definition) is 1. The Labute approximate surface area is 249 Å². The number of alkyl halides is 2. The first kappa shape index (κ1) is 30.6. The second kappa shape index (κ2) is 12.8. The van der Waals surface area contributed by atoms with Gasteiger partial charge in [0.2, 0.25) is 0 Å². The van der Waals surface area contributed by atoms with Gasteiger partial charge in [-0.05, 0) is 90.6 Å². The normalized spacial score (nSPS) is 11.7. The Hall–Kier alpha value is -4.85. The molecule has 0 unspecified atom stereocenters. The lowest BCUT2D eigenvalue weighted by atomic mass is 9.97. The number of aryl methyl sites for hydroxylation is 1. The molecular weight excluding hydrogens is 581 g/mol. The van der Waals surface area contributed by atoms with E-state index in [1.807, 2.05) is 19.1 Å². The number of benzene rings is 5. The standard InChI is InChI=1S/C36H25F7O/c1-2-3-4-5-22-6-11-26(12-7-22)36(42,43)44-27-13-16-30(34(40)21-27)24-9-14-28(32(38)19-24)23-8-15-29(33(39)18-23)25-10-17-31(37)35(41)20-25/h2-3,6-21H,4-5H2,1H3/b3-2+. The van der Waals surface area contributed by atoms with E-state index in [-0.39, 0.29) is 38.9 Å². The summed E-state index contributed by atoms with van der Waals surface area (Å²) in [6, 6.07) is 19.4. The van der Waals surface area contributed by atoms with Crippen molar-refractivity contribution in [2.45, 2.75) is 25.9 Å². The molecule has 0 aliphatic carbocycles. The fourth-order valence-electron chi connectivity index (χ4n) is 4.78. The van der Waals surface area contributed by atoms with E-state index in [0.717, 1.165) is 48.4 Å². The zero-order valence-electron chi connectivity index (χ0n) is 23.4. The van der Waals surface area contributed by atoms with Gasteiger partial charge in [0.1, 0.15) is 23.2 Å². The summed E-state index contributed by atoms with van der Waals surface area (Å²) in [7, 11) is 0. The van der Waals surface area contributed by atoms with E-state index < -0.39 is 40.9 Å². The third-order valence-electron chi connectivity index (χ3n) is 7.10. The SMILES string of the molecule is C/C=C/CCc1ccc(C(F)(F)Oc2ccc(-c3ccc(-c4ccc(-c5ccc(F)c(F)c5)c(F)c4)c(F)c3)c(F)c2)cc1. The van der Waals surface area contributed by atoms with Crippen LogP contribution in [0, 0.1) is 29.1 Å². The average Bonchev–Trinajstić information content (AvgIpc) is 2.99. The van der Waals surface area contributed by atoms with Gasteiger partial charge in [-0.1, -0.05) is 54.6 Å². The Morgan fingerprint density at radius 2 is 1.07 bits per heavy atom. The quantitative estimate of drug-likeness (QED) is 0.120. The molecule has 44 heavy (non-hydrogen) atoms. The third kappa shape index (κ3) is 6.70. The Bertz CT molecular complexity index is 1830. The monoisotopic (exact) mass is 606 g/mol. The van der Waals surface area contributed by atoms with Gasteiger partial charge in [-0.2, -0.15) is 8.78 Å². The second-order valence-electron chi connectivity index (χ2n) is 10.1. The van der Waals surface area contributed by atoms with Crippen molar-refractivity contribution in [2.24, 2.45) is 0 Å². The molecule has 224 valence electrons. The maximum absolute atomic E-state index is 15.1. The minimum atomic E-state index is -3.72. The topological polar surface area (TPSA) is 9.23 Å². The highest BCUT2D eigenvalue weighted by Crippen LogP contribution is 2.36. The van der Waals surface area contributed by atoms with Crippen LogP contribution >= 0.6 is 0 Å². The minimum absolute atomic E-state index is 0.00304. The van der Waals surface area contributed by atoms with E-state index in [1.54, 1.807) is 12.1 Å². The van der Waals surface area contributed by atoms with E-state index in [4.69, 9.17) is 4.74 Å². The molecule has 0 aliphatic heterocycles. The summed E-state index contributed by atoms with van der Waals surface area (Å²) in [6.45, 7) is 1.90. The molecule has 0 fully saturated rings. The highest BCUT2D eigenvalue weighted by atomic mass is 19.3. The molecule has 0 spiro atoms. The molecule has 5 aromatic rings. The molecule has 0 aromatic heterocycles. The van der Waals surface area contributed by atoms with Gasteiger partial charge in [-0.25, -0.2) is 22.0 Å². The van der Waals surface area contributed by atoms with Crippen LogP contribution in [0.25, 0.3) is 33.4 Å². The van der Waals surface area contributed by atoms with Crippen LogP contribution in [0.2, 0.25) is 0 Å². The number of hydrogen-bond donors (Lipinski definition) is 0. The van der Waals surface area contributed by atoms with Gasteiger partial charge in [-0.3, -0.25) is 0 Å². The van der Waals surface area contributed by atoms with E-state index in [9.17, 15) is 22.0 Å². The second-order valence-corrected chi connectivity index (χ2v) is 10.1. The Morgan fingerprint density at radius 1 is 0.568 bits per heavy atom. The lowest BCUT2D eigenvalue weighted by Gasteiger charge is -2.19. The van der Waals surface area contributed by atoms with E-state index in [2.05, 4.69) is 0 Å². The van der Waals surface area contributed by atoms with Crippen LogP contribution in [0.1, 0.15) is 24.5 Å². The summed E-state index contributed by atoms with van der Waals surface area (Å²) >= 11 is 0. The van der Waals surface area contributed by atoms with Crippen molar-refractivity contribution in [3.8, 4) is 39.1 Å². The van der Waals surface area contributed by atoms with E-state index >= 15 is 8.78 Å². The number of rotatable bonds is 9. The van der Waals surface area contributed by atoms with Crippen molar-refractivity contribution in [3.63, 3.8) is 0 Å². The van der Waals surface area contributed by atoms with Crippen molar-refractivity contribution in [1.29, 1.82) is 0 Å². The van der Waals surface area contributed by atoms with Gasteiger partial charge < -0.3 is 4.74 Å². The molecule has 0 N–H and O–H groups in total. The molecule has 0 aliphatic rings. The molecule has 5 aromatic carbocycles. The molecule has 0 saturated heterocycles. The van der Waals surface area contributed by atoms with Gasteiger partial charge in [0.15, 0.2) is 11.6 Å². The molecule has 8 heteroatoms. The lowest BCUT2D eigenvalue weighted by molar-refractivity contribution is -0.185. The van der Waals surface area contributed by atoms with Crippen molar-refractivity contribution in [2.75, 3.05) is 0 Å². The Kier molecular flexibility index (Phi) is 8.90. The van der Waals surface area contributed by atoms with E-state index in [0.29, 0.717) is 6.42 Å². The average molecular weight is 607 g/mol. The van der Waals surface area contributed by atoms with Crippen LogP contribution in [0.3, 0.4) is 0 Å². The zero-order valence-corrected chi connectivity index (χ0v) is 23.4. The van der Waals surface area contributed by atoms with Gasteiger partial charge in [0, 0.05) is 22.8 Å². The fraction of sp³-hybridized carbons (Fsp3) is 0.111. The highest BCUT2D eigenvalue weighted by Gasteiger charge is 2.34. The molecule has 0 atom stereocenters. The number of ether oxygens (including phenoxy) is 1. The predicted molar refractivity (Wildman–Crippen MR) is 157 cm³/mol. The summed E-state index contributed by atoms with van der Waals surface area (Å²) in [5.74, 6) is -5.09. The largest absolute Gasteiger partial charge is 0.429 e. The molecule has 0 radical (unpaired) electrons. The summed E-state index contributed by atoms with van der Waals surface area (Å²) in [5.41, 5.74) is 0.844. The van der Waals surface area contributed by atoms with Crippen molar-refractivity contribution in [1.82, 2.24) is 0 Å². The van der Waals surface area contributed by atoms with Crippen LogP contribution in [0.4, 0.5) is 30.7 Å². The molecule has 5 rings (SSSR count). The van der Waals surface area contributed by atoms with Crippen LogP contribution in [-0.2, 0) is 12.5 Å². The van der Waals surface area contributed by atoms with Gasteiger partial charge >= 0.3 is 6.11 Å². The van der Waals surface area contributed by atoms with Crippen molar-refractivity contribution >= 4 is 0 Å². The lowest BCUT2D eigenvalue weighted by Crippen LogP contribution is -2.22.